The molecule has 0 unspecified atom stereocenters. The van der Waals surface area contributed by atoms with Gasteiger partial charge in [-0.2, -0.15) is 0 Å². The van der Waals surface area contributed by atoms with E-state index in [0.717, 1.165) is 16.9 Å². The summed E-state index contributed by atoms with van der Waals surface area (Å²) in [4.78, 5) is 14.2. The Morgan fingerprint density at radius 3 is 2.62 bits per heavy atom. The number of para-hydroxylation sites is 1. The largest absolute Gasteiger partial charge is 0.496 e. The van der Waals surface area contributed by atoms with E-state index in [1.807, 2.05) is 31.2 Å². The molecule has 1 amide bonds. The van der Waals surface area contributed by atoms with Gasteiger partial charge in [0, 0.05) is 30.4 Å². The van der Waals surface area contributed by atoms with Crippen molar-refractivity contribution in [3.05, 3.63) is 59.2 Å². The van der Waals surface area contributed by atoms with E-state index in [9.17, 15) is 4.79 Å². The Morgan fingerprint density at radius 1 is 1.19 bits per heavy atom. The monoisotopic (exact) mass is 284 g/mol. The van der Waals surface area contributed by atoms with Crippen LogP contribution < -0.4 is 10.5 Å². The Kier molecular flexibility index (Phi) is 4.48. The molecule has 0 spiro atoms. The van der Waals surface area contributed by atoms with Gasteiger partial charge >= 0.3 is 0 Å². The second-order valence-electron chi connectivity index (χ2n) is 4.99. The lowest BCUT2D eigenvalue weighted by atomic mass is 10.1. The number of rotatable bonds is 4. The summed E-state index contributed by atoms with van der Waals surface area (Å²) in [6.07, 6.45) is 0. The van der Waals surface area contributed by atoms with Crippen LogP contribution in [0.3, 0.4) is 0 Å². The van der Waals surface area contributed by atoms with Crippen molar-refractivity contribution in [1.82, 2.24) is 4.90 Å². The van der Waals surface area contributed by atoms with Crippen LogP contribution in [0.4, 0.5) is 5.69 Å². The zero-order valence-electron chi connectivity index (χ0n) is 12.6. The van der Waals surface area contributed by atoms with E-state index in [1.165, 1.54) is 0 Å². The second kappa shape index (κ2) is 6.31. The van der Waals surface area contributed by atoms with E-state index < -0.39 is 0 Å². The van der Waals surface area contributed by atoms with Crippen LogP contribution in [-0.4, -0.2) is 25.0 Å². The Hall–Kier alpha value is -2.49. The van der Waals surface area contributed by atoms with Gasteiger partial charge in [-0.15, -0.1) is 0 Å². The summed E-state index contributed by atoms with van der Waals surface area (Å²) in [6.45, 7) is 2.34. The number of anilines is 1. The van der Waals surface area contributed by atoms with Crippen LogP contribution in [0.2, 0.25) is 0 Å². The number of hydrogen-bond acceptors (Lipinski definition) is 3. The molecular formula is C17H20N2O2. The van der Waals surface area contributed by atoms with Crippen molar-refractivity contribution < 1.29 is 9.53 Å². The van der Waals surface area contributed by atoms with Crippen LogP contribution in [-0.2, 0) is 6.54 Å². The number of nitrogens with two attached hydrogens (primary N) is 1. The second-order valence-corrected chi connectivity index (χ2v) is 4.99. The van der Waals surface area contributed by atoms with E-state index in [2.05, 4.69) is 0 Å². The molecule has 0 atom stereocenters. The molecule has 4 heteroatoms. The number of nitrogens with zero attached hydrogens (tertiary/aromatic N) is 1. The number of methoxy groups -OCH3 is 1. The summed E-state index contributed by atoms with van der Waals surface area (Å²) in [5, 5.41) is 0. The molecule has 2 N–H and O–H groups in total. The molecule has 0 heterocycles. The van der Waals surface area contributed by atoms with Gasteiger partial charge in [0.15, 0.2) is 0 Å². The fraction of sp³-hybridized carbons (Fsp3) is 0.235. The summed E-state index contributed by atoms with van der Waals surface area (Å²) in [6, 6.07) is 13.1. The lowest BCUT2D eigenvalue weighted by Crippen LogP contribution is -2.27. The Balaban J connectivity index is 2.22. The third-order valence-electron chi connectivity index (χ3n) is 3.55. The van der Waals surface area contributed by atoms with Crippen molar-refractivity contribution in [2.45, 2.75) is 13.5 Å². The molecule has 0 aliphatic rings. The molecule has 0 saturated heterocycles. The molecule has 0 aliphatic heterocycles. The molecule has 0 bridgehead atoms. The van der Waals surface area contributed by atoms with Crippen LogP contribution in [0.25, 0.3) is 0 Å². The highest BCUT2D eigenvalue weighted by molar-refractivity contribution is 5.96. The molecular weight excluding hydrogens is 264 g/mol. The van der Waals surface area contributed by atoms with Crippen LogP contribution in [0.15, 0.2) is 42.5 Å². The highest BCUT2D eigenvalue weighted by Crippen LogP contribution is 2.21. The number of benzene rings is 2. The highest BCUT2D eigenvalue weighted by atomic mass is 16.5. The van der Waals surface area contributed by atoms with Crippen LogP contribution >= 0.6 is 0 Å². The summed E-state index contributed by atoms with van der Waals surface area (Å²) < 4.78 is 5.32. The van der Waals surface area contributed by atoms with Gasteiger partial charge in [-0.1, -0.05) is 24.3 Å². The van der Waals surface area contributed by atoms with Gasteiger partial charge in [0.1, 0.15) is 5.75 Å². The molecule has 2 rings (SSSR count). The third-order valence-corrected chi connectivity index (χ3v) is 3.55. The van der Waals surface area contributed by atoms with Gasteiger partial charge in [-0.05, 0) is 30.7 Å². The molecule has 0 radical (unpaired) electrons. The zero-order chi connectivity index (χ0) is 15.4. The topological polar surface area (TPSA) is 55.6 Å². The maximum absolute atomic E-state index is 12.6. The average molecular weight is 284 g/mol. The van der Waals surface area contributed by atoms with E-state index in [-0.39, 0.29) is 5.91 Å². The van der Waals surface area contributed by atoms with Crippen LogP contribution in [0, 0.1) is 6.92 Å². The predicted molar refractivity (Wildman–Crippen MR) is 84.4 cm³/mol. The van der Waals surface area contributed by atoms with Crippen molar-refractivity contribution in [2.24, 2.45) is 0 Å². The minimum absolute atomic E-state index is 0.0503. The Morgan fingerprint density at radius 2 is 1.90 bits per heavy atom. The lowest BCUT2D eigenvalue weighted by Gasteiger charge is -2.20. The van der Waals surface area contributed by atoms with Crippen molar-refractivity contribution in [3.63, 3.8) is 0 Å². The molecule has 0 aliphatic carbocycles. The van der Waals surface area contributed by atoms with Crippen molar-refractivity contribution >= 4 is 11.6 Å². The Bertz CT molecular complexity index is 653. The third kappa shape index (κ3) is 3.16. The first-order valence-corrected chi connectivity index (χ1v) is 6.77. The molecule has 4 nitrogen and oxygen atoms in total. The number of carbonyl (C=O) groups excluding carboxylic acids is 1. The molecule has 2 aromatic rings. The van der Waals surface area contributed by atoms with Gasteiger partial charge < -0.3 is 15.4 Å². The van der Waals surface area contributed by atoms with Gasteiger partial charge in [-0.25, -0.2) is 0 Å². The molecule has 21 heavy (non-hydrogen) atoms. The highest BCUT2D eigenvalue weighted by Gasteiger charge is 2.16. The Labute approximate surface area is 125 Å². The van der Waals surface area contributed by atoms with Crippen LogP contribution in [0.5, 0.6) is 5.75 Å². The van der Waals surface area contributed by atoms with Crippen molar-refractivity contribution in [3.8, 4) is 5.75 Å². The van der Waals surface area contributed by atoms with E-state index in [0.29, 0.717) is 17.8 Å². The first-order chi connectivity index (χ1) is 10.0. The fourth-order valence-electron chi connectivity index (χ4n) is 2.25. The van der Waals surface area contributed by atoms with Gasteiger partial charge in [0.25, 0.3) is 5.91 Å². The van der Waals surface area contributed by atoms with E-state index in [4.69, 9.17) is 10.5 Å². The first-order valence-electron chi connectivity index (χ1n) is 6.77. The average Bonchev–Trinajstić information content (AvgIpc) is 2.50. The minimum Gasteiger partial charge on any atom is -0.496 e. The summed E-state index contributed by atoms with van der Waals surface area (Å²) >= 11 is 0. The maximum Gasteiger partial charge on any atom is 0.254 e. The van der Waals surface area contributed by atoms with E-state index in [1.54, 1.807) is 37.3 Å². The maximum atomic E-state index is 12.6. The predicted octanol–water partition coefficient (Wildman–Crippen LogP) is 2.86. The SMILES string of the molecule is COc1ccccc1CN(C)C(=O)c1cccc(N)c1C. The smallest absolute Gasteiger partial charge is 0.254 e. The summed E-state index contributed by atoms with van der Waals surface area (Å²) in [5.74, 6) is 0.729. The number of nitrogen functional groups attached to an aromatic ring is 1. The molecule has 110 valence electrons. The molecule has 0 aromatic heterocycles. The number of amides is 1. The molecule has 2 aromatic carbocycles. The standard InChI is InChI=1S/C17H20N2O2/c1-12-14(8-6-9-15(12)18)17(20)19(2)11-13-7-4-5-10-16(13)21-3/h4-10H,11,18H2,1-3H3. The van der Waals surface area contributed by atoms with Gasteiger partial charge in [0.05, 0.1) is 7.11 Å². The summed E-state index contributed by atoms with van der Waals surface area (Å²) in [7, 11) is 3.40. The van der Waals surface area contributed by atoms with E-state index >= 15 is 0 Å². The molecule has 0 fully saturated rings. The van der Waals surface area contributed by atoms with Gasteiger partial charge in [0.2, 0.25) is 0 Å². The fourth-order valence-corrected chi connectivity index (χ4v) is 2.25. The quantitative estimate of drug-likeness (QED) is 0.878. The first kappa shape index (κ1) is 14.9. The number of ether oxygens (including phenoxy) is 1. The minimum atomic E-state index is -0.0503. The summed E-state index contributed by atoms with van der Waals surface area (Å²) in [5.41, 5.74) is 8.91. The number of hydrogen-bond donors (Lipinski definition) is 1. The van der Waals surface area contributed by atoms with Crippen molar-refractivity contribution in [2.75, 3.05) is 19.9 Å². The zero-order valence-corrected chi connectivity index (χ0v) is 12.6. The van der Waals surface area contributed by atoms with Gasteiger partial charge in [-0.3, -0.25) is 4.79 Å². The van der Waals surface area contributed by atoms with Crippen molar-refractivity contribution in [1.29, 1.82) is 0 Å². The molecule has 0 saturated carbocycles. The lowest BCUT2D eigenvalue weighted by molar-refractivity contribution is 0.0783. The van der Waals surface area contributed by atoms with Crippen LogP contribution in [0.1, 0.15) is 21.5 Å². The number of carbonyl (C=O) groups is 1. The normalized spacial score (nSPS) is 10.2.